The molecule has 0 aliphatic carbocycles. The molecule has 0 aliphatic rings. The van der Waals surface area contributed by atoms with Crippen molar-refractivity contribution < 1.29 is 39.5 Å². The van der Waals surface area contributed by atoms with Gasteiger partial charge in [-0.2, -0.15) is 0 Å². The zero-order valence-electron chi connectivity index (χ0n) is 12.4. The van der Waals surface area contributed by atoms with Gasteiger partial charge >= 0.3 is 11.9 Å². The molecular formula is C15H20O8. The lowest BCUT2D eigenvalue weighted by Gasteiger charge is -2.05. The third-order valence-electron chi connectivity index (χ3n) is 2.35. The van der Waals surface area contributed by atoms with Crippen LogP contribution in [0.5, 0.6) is 5.75 Å². The minimum Gasteiger partial charge on any atom is -0.498 e. The molecule has 0 bridgehead atoms. The Labute approximate surface area is 133 Å². The van der Waals surface area contributed by atoms with E-state index in [4.69, 9.17) is 29.9 Å². The molecule has 128 valence electrons. The molecule has 1 aromatic carbocycles. The quantitative estimate of drug-likeness (QED) is 0.383. The molecule has 1 rings (SSSR count). The van der Waals surface area contributed by atoms with Crippen molar-refractivity contribution in [2.75, 3.05) is 13.2 Å². The normalized spacial score (nSPS) is 10.7. The maximum Gasteiger partial charge on any atom is 0.333 e. The SMILES string of the molecule is C=COCCOc1ccc(CO)cc1.O=C(O)CC(O)C(=O)O. The fraction of sp³-hybridized carbons (Fsp3) is 0.333. The second-order valence-corrected chi connectivity index (χ2v) is 4.14. The lowest BCUT2D eigenvalue weighted by atomic mass is 10.2. The Bertz CT molecular complexity index is 483. The highest BCUT2D eigenvalue weighted by Crippen LogP contribution is 2.11. The average Bonchev–Trinajstić information content (AvgIpc) is 2.52. The molecule has 0 aromatic heterocycles. The van der Waals surface area contributed by atoms with E-state index < -0.39 is 24.5 Å². The van der Waals surface area contributed by atoms with Gasteiger partial charge in [-0.05, 0) is 17.7 Å². The fourth-order valence-electron chi connectivity index (χ4n) is 1.23. The van der Waals surface area contributed by atoms with Crippen LogP contribution in [0.4, 0.5) is 0 Å². The zero-order chi connectivity index (χ0) is 17.7. The summed E-state index contributed by atoms with van der Waals surface area (Å²) < 4.78 is 10.3. The number of hydrogen-bond acceptors (Lipinski definition) is 6. The number of hydrogen-bond donors (Lipinski definition) is 4. The maximum atomic E-state index is 9.72. The minimum absolute atomic E-state index is 0.0554. The second kappa shape index (κ2) is 12.0. The number of aliphatic carboxylic acids is 2. The molecule has 1 unspecified atom stereocenters. The van der Waals surface area contributed by atoms with Crippen molar-refractivity contribution in [1.82, 2.24) is 0 Å². The van der Waals surface area contributed by atoms with E-state index in [2.05, 4.69) is 6.58 Å². The third-order valence-corrected chi connectivity index (χ3v) is 2.35. The van der Waals surface area contributed by atoms with Gasteiger partial charge in [0.2, 0.25) is 0 Å². The first-order valence-corrected chi connectivity index (χ1v) is 6.58. The highest BCUT2D eigenvalue weighted by molar-refractivity contribution is 5.79. The predicted molar refractivity (Wildman–Crippen MR) is 79.9 cm³/mol. The lowest BCUT2D eigenvalue weighted by molar-refractivity contribution is -0.152. The first-order valence-electron chi connectivity index (χ1n) is 6.58. The van der Waals surface area contributed by atoms with Gasteiger partial charge in [0.05, 0.1) is 19.3 Å². The van der Waals surface area contributed by atoms with Gasteiger partial charge in [-0.25, -0.2) is 4.79 Å². The van der Waals surface area contributed by atoms with Gasteiger partial charge in [0.1, 0.15) is 19.0 Å². The van der Waals surface area contributed by atoms with E-state index >= 15 is 0 Å². The van der Waals surface area contributed by atoms with E-state index in [1.54, 1.807) is 0 Å². The van der Waals surface area contributed by atoms with E-state index in [0.29, 0.717) is 13.2 Å². The molecule has 8 heteroatoms. The Morgan fingerprint density at radius 2 is 1.78 bits per heavy atom. The molecule has 0 amide bonds. The van der Waals surface area contributed by atoms with Crippen LogP contribution in [0.2, 0.25) is 0 Å². The molecule has 23 heavy (non-hydrogen) atoms. The number of aliphatic hydroxyl groups is 2. The fourth-order valence-corrected chi connectivity index (χ4v) is 1.23. The molecular weight excluding hydrogens is 308 g/mol. The van der Waals surface area contributed by atoms with Crippen LogP contribution < -0.4 is 4.74 Å². The van der Waals surface area contributed by atoms with Crippen LogP contribution in [0, 0.1) is 0 Å². The van der Waals surface area contributed by atoms with Crippen LogP contribution >= 0.6 is 0 Å². The van der Waals surface area contributed by atoms with Gasteiger partial charge in [0.15, 0.2) is 6.10 Å². The summed E-state index contributed by atoms with van der Waals surface area (Å²) in [5, 5.41) is 32.9. The first kappa shape index (κ1) is 20.4. The van der Waals surface area contributed by atoms with E-state index in [-0.39, 0.29) is 6.61 Å². The van der Waals surface area contributed by atoms with Crippen molar-refractivity contribution in [2.24, 2.45) is 0 Å². The Morgan fingerprint density at radius 3 is 2.17 bits per heavy atom. The molecule has 1 aromatic rings. The number of benzene rings is 1. The van der Waals surface area contributed by atoms with Crippen LogP contribution in [0.15, 0.2) is 37.1 Å². The van der Waals surface area contributed by atoms with Crippen LogP contribution in [0.1, 0.15) is 12.0 Å². The summed E-state index contributed by atoms with van der Waals surface area (Å²) in [5.74, 6) is -2.07. The standard InChI is InChI=1S/C11H14O3.C4H6O5/c1-2-13-7-8-14-11-5-3-10(9-12)4-6-11;5-2(4(8)9)1-3(6)7/h2-6,12H,1,7-9H2;2,5H,1H2,(H,6,7)(H,8,9). The van der Waals surface area contributed by atoms with E-state index in [9.17, 15) is 9.59 Å². The summed E-state index contributed by atoms with van der Waals surface area (Å²) in [4.78, 5) is 19.4. The molecule has 4 N–H and O–H groups in total. The van der Waals surface area contributed by atoms with Crippen LogP contribution in [0.25, 0.3) is 0 Å². The Hall–Kier alpha value is -2.58. The van der Waals surface area contributed by atoms with Gasteiger partial charge in [-0.15, -0.1) is 0 Å². The van der Waals surface area contributed by atoms with E-state index in [0.717, 1.165) is 11.3 Å². The molecule has 8 nitrogen and oxygen atoms in total. The number of carboxylic acid groups (broad SMARTS) is 2. The highest BCUT2D eigenvalue weighted by atomic mass is 16.5. The molecule has 0 saturated heterocycles. The number of ether oxygens (including phenoxy) is 2. The largest absolute Gasteiger partial charge is 0.498 e. The summed E-state index contributed by atoms with van der Waals surface area (Å²) in [5.41, 5.74) is 0.875. The van der Waals surface area contributed by atoms with Crippen molar-refractivity contribution in [3.63, 3.8) is 0 Å². The molecule has 1 atom stereocenters. The van der Waals surface area contributed by atoms with Gasteiger partial charge in [0, 0.05) is 0 Å². The average molecular weight is 328 g/mol. The van der Waals surface area contributed by atoms with Crippen LogP contribution in [0.3, 0.4) is 0 Å². The smallest absolute Gasteiger partial charge is 0.333 e. The molecule has 0 fully saturated rings. The Kier molecular flexibility index (Phi) is 10.7. The van der Waals surface area contributed by atoms with Crippen molar-refractivity contribution in [1.29, 1.82) is 0 Å². The topological polar surface area (TPSA) is 134 Å². The second-order valence-electron chi connectivity index (χ2n) is 4.14. The van der Waals surface area contributed by atoms with Crippen molar-refractivity contribution in [2.45, 2.75) is 19.1 Å². The molecule has 0 heterocycles. The van der Waals surface area contributed by atoms with Gasteiger partial charge in [-0.1, -0.05) is 18.7 Å². The van der Waals surface area contributed by atoms with E-state index in [1.165, 1.54) is 6.26 Å². The molecule has 0 saturated carbocycles. The van der Waals surface area contributed by atoms with Gasteiger partial charge in [0.25, 0.3) is 0 Å². The van der Waals surface area contributed by atoms with Gasteiger partial charge in [-0.3, -0.25) is 4.79 Å². The molecule has 0 radical (unpaired) electrons. The maximum absolute atomic E-state index is 9.72. The lowest BCUT2D eigenvalue weighted by Crippen LogP contribution is -2.22. The summed E-state index contributed by atoms with van der Waals surface area (Å²) in [6, 6.07) is 7.28. The van der Waals surface area contributed by atoms with Crippen molar-refractivity contribution in [3.8, 4) is 5.75 Å². The monoisotopic (exact) mass is 328 g/mol. The number of rotatable bonds is 9. The Balaban J connectivity index is 0.000000468. The van der Waals surface area contributed by atoms with Crippen molar-refractivity contribution in [3.05, 3.63) is 42.7 Å². The van der Waals surface area contributed by atoms with Crippen LogP contribution in [-0.2, 0) is 20.9 Å². The zero-order valence-corrected chi connectivity index (χ0v) is 12.4. The summed E-state index contributed by atoms with van der Waals surface area (Å²) in [6.07, 6.45) is -1.16. The van der Waals surface area contributed by atoms with Crippen LogP contribution in [-0.4, -0.2) is 51.7 Å². The number of aliphatic hydroxyl groups excluding tert-OH is 2. The van der Waals surface area contributed by atoms with E-state index in [1.807, 2.05) is 24.3 Å². The minimum atomic E-state index is -1.79. The van der Waals surface area contributed by atoms with Gasteiger partial charge < -0.3 is 29.9 Å². The molecule has 0 aliphatic heterocycles. The Morgan fingerprint density at radius 1 is 1.17 bits per heavy atom. The first-order chi connectivity index (χ1) is 10.9. The third kappa shape index (κ3) is 10.7. The predicted octanol–water partition coefficient (Wildman–Crippen LogP) is 0.624. The van der Waals surface area contributed by atoms with Crippen molar-refractivity contribution >= 4 is 11.9 Å². The number of carboxylic acids is 2. The highest BCUT2D eigenvalue weighted by Gasteiger charge is 2.16. The molecule has 0 spiro atoms. The number of carbonyl (C=O) groups is 2. The summed E-state index contributed by atoms with van der Waals surface area (Å²) in [6.45, 7) is 4.46. The summed E-state index contributed by atoms with van der Waals surface area (Å²) in [7, 11) is 0. The summed E-state index contributed by atoms with van der Waals surface area (Å²) >= 11 is 0.